The van der Waals surface area contributed by atoms with E-state index < -0.39 is 11.9 Å². The fourth-order valence-electron chi connectivity index (χ4n) is 1.94. The second-order valence-electron chi connectivity index (χ2n) is 4.01. The largest absolute Gasteiger partial charge is 0.462 e. The lowest BCUT2D eigenvalue weighted by Gasteiger charge is -2.04. The van der Waals surface area contributed by atoms with Gasteiger partial charge in [0.15, 0.2) is 0 Å². The summed E-state index contributed by atoms with van der Waals surface area (Å²) in [4.78, 5) is 26.9. The van der Waals surface area contributed by atoms with Gasteiger partial charge in [0.05, 0.1) is 18.8 Å². The Balaban J connectivity index is 2.63. The number of esters is 2. The summed E-state index contributed by atoms with van der Waals surface area (Å²) >= 11 is 5.94. The lowest BCUT2D eigenvalue weighted by atomic mass is 10.1. The SMILES string of the molecule is CCOC(=O)c1[nH]c2ccc(Cl)cc2c1C(=O)OCC. The Bertz CT molecular complexity index is 662. The van der Waals surface area contributed by atoms with Gasteiger partial charge in [0.1, 0.15) is 5.69 Å². The van der Waals surface area contributed by atoms with Gasteiger partial charge in [-0.3, -0.25) is 0 Å². The smallest absolute Gasteiger partial charge is 0.355 e. The Morgan fingerprint density at radius 2 is 1.80 bits per heavy atom. The predicted octanol–water partition coefficient (Wildman–Crippen LogP) is 3.17. The van der Waals surface area contributed by atoms with Gasteiger partial charge in [-0.05, 0) is 32.0 Å². The van der Waals surface area contributed by atoms with Crippen molar-refractivity contribution in [1.29, 1.82) is 0 Å². The number of ether oxygens (including phenoxy) is 2. The maximum Gasteiger partial charge on any atom is 0.355 e. The van der Waals surface area contributed by atoms with E-state index in [0.717, 1.165) is 0 Å². The quantitative estimate of drug-likeness (QED) is 0.880. The van der Waals surface area contributed by atoms with Crippen LogP contribution in [-0.4, -0.2) is 30.1 Å². The highest BCUT2D eigenvalue weighted by atomic mass is 35.5. The molecule has 0 aliphatic rings. The molecule has 1 N–H and O–H groups in total. The summed E-state index contributed by atoms with van der Waals surface area (Å²) < 4.78 is 9.94. The minimum Gasteiger partial charge on any atom is -0.462 e. The molecule has 0 bridgehead atoms. The Hall–Kier alpha value is -2.01. The fraction of sp³-hybridized carbons (Fsp3) is 0.286. The van der Waals surface area contributed by atoms with Gasteiger partial charge in [-0.25, -0.2) is 9.59 Å². The summed E-state index contributed by atoms with van der Waals surface area (Å²) in [5, 5.41) is 1.01. The van der Waals surface area contributed by atoms with Crippen molar-refractivity contribution >= 4 is 34.4 Å². The average Bonchev–Trinajstić information content (AvgIpc) is 2.77. The molecule has 1 heterocycles. The first-order chi connectivity index (χ1) is 9.58. The summed E-state index contributed by atoms with van der Waals surface area (Å²) in [6, 6.07) is 4.98. The minimum atomic E-state index is -0.595. The topological polar surface area (TPSA) is 68.4 Å². The molecule has 6 heteroatoms. The normalized spacial score (nSPS) is 10.6. The van der Waals surface area contributed by atoms with Crippen molar-refractivity contribution in [2.75, 3.05) is 13.2 Å². The van der Waals surface area contributed by atoms with E-state index in [1.165, 1.54) is 0 Å². The van der Waals surface area contributed by atoms with Crippen LogP contribution in [0.25, 0.3) is 10.9 Å². The first-order valence-electron chi connectivity index (χ1n) is 6.24. The fourth-order valence-corrected chi connectivity index (χ4v) is 2.11. The molecule has 0 amide bonds. The number of hydrogen-bond donors (Lipinski definition) is 1. The van der Waals surface area contributed by atoms with Crippen LogP contribution in [0.4, 0.5) is 0 Å². The number of H-pyrrole nitrogens is 1. The van der Waals surface area contributed by atoms with Crippen LogP contribution in [0.3, 0.4) is 0 Å². The molecule has 0 fully saturated rings. The van der Waals surface area contributed by atoms with Crippen molar-refractivity contribution in [3.8, 4) is 0 Å². The zero-order valence-corrected chi connectivity index (χ0v) is 11.9. The molecule has 0 atom stereocenters. The molecule has 106 valence electrons. The first-order valence-corrected chi connectivity index (χ1v) is 6.61. The van der Waals surface area contributed by atoms with E-state index in [9.17, 15) is 9.59 Å². The second kappa shape index (κ2) is 5.96. The highest BCUT2D eigenvalue weighted by Gasteiger charge is 2.25. The average molecular weight is 296 g/mol. The van der Waals surface area contributed by atoms with Crippen molar-refractivity contribution in [2.24, 2.45) is 0 Å². The lowest BCUT2D eigenvalue weighted by molar-refractivity contribution is 0.0477. The molecule has 0 aliphatic carbocycles. The number of carbonyl (C=O) groups is 2. The van der Waals surface area contributed by atoms with Crippen LogP contribution in [0.5, 0.6) is 0 Å². The van der Waals surface area contributed by atoms with Crippen LogP contribution in [0, 0.1) is 0 Å². The molecule has 5 nitrogen and oxygen atoms in total. The van der Waals surface area contributed by atoms with Crippen molar-refractivity contribution in [3.05, 3.63) is 34.5 Å². The number of aromatic nitrogens is 1. The molecule has 20 heavy (non-hydrogen) atoms. The molecule has 1 aromatic heterocycles. The number of nitrogens with one attached hydrogen (secondary N) is 1. The van der Waals surface area contributed by atoms with E-state index in [1.807, 2.05) is 0 Å². The van der Waals surface area contributed by atoms with Crippen LogP contribution >= 0.6 is 11.6 Å². The highest BCUT2D eigenvalue weighted by molar-refractivity contribution is 6.31. The molecule has 0 unspecified atom stereocenters. The van der Waals surface area contributed by atoms with E-state index >= 15 is 0 Å². The maximum atomic E-state index is 12.1. The maximum absolute atomic E-state index is 12.1. The second-order valence-corrected chi connectivity index (χ2v) is 4.44. The standard InChI is InChI=1S/C14H14ClNO4/c1-3-19-13(17)11-9-7-8(15)5-6-10(9)16-12(11)14(18)20-4-2/h5-7,16H,3-4H2,1-2H3. The van der Waals surface area contributed by atoms with Gasteiger partial charge in [0, 0.05) is 15.9 Å². The van der Waals surface area contributed by atoms with E-state index in [0.29, 0.717) is 15.9 Å². The summed E-state index contributed by atoms with van der Waals surface area (Å²) in [6.07, 6.45) is 0. The molecular weight excluding hydrogens is 282 g/mol. The van der Waals surface area contributed by atoms with Gasteiger partial charge in [-0.1, -0.05) is 11.6 Å². The number of fused-ring (bicyclic) bond motifs is 1. The lowest BCUT2D eigenvalue weighted by Crippen LogP contribution is -2.13. The number of rotatable bonds is 4. The first kappa shape index (κ1) is 14.4. The molecule has 1 aromatic carbocycles. The third kappa shape index (κ3) is 2.63. The molecular formula is C14H14ClNO4. The van der Waals surface area contributed by atoms with Crippen molar-refractivity contribution in [2.45, 2.75) is 13.8 Å². The molecule has 0 saturated heterocycles. The zero-order valence-electron chi connectivity index (χ0n) is 11.2. The Morgan fingerprint density at radius 3 is 2.45 bits per heavy atom. The summed E-state index contributed by atoms with van der Waals surface area (Å²) in [5.41, 5.74) is 0.867. The minimum absolute atomic E-state index is 0.0857. The van der Waals surface area contributed by atoms with Crippen molar-refractivity contribution < 1.29 is 19.1 Å². The van der Waals surface area contributed by atoms with Crippen LogP contribution < -0.4 is 0 Å². The van der Waals surface area contributed by atoms with Crippen LogP contribution in [0.15, 0.2) is 18.2 Å². The summed E-state index contributed by atoms with van der Waals surface area (Å²) in [6.45, 7) is 3.83. The number of hydrogen-bond acceptors (Lipinski definition) is 4. The van der Waals surface area contributed by atoms with E-state index in [2.05, 4.69) is 4.98 Å². The van der Waals surface area contributed by atoms with Gasteiger partial charge in [0.2, 0.25) is 0 Å². The highest BCUT2D eigenvalue weighted by Crippen LogP contribution is 2.27. The molecule has 0 radical (unpaired) electrons. The van der Waals surface area contributed by atoms with Crippen LogP contribution in [0.2, 0.25) is 5.02 Å². The number of benzene rings is 1. The molecule has 2 rings (SSSR count). The Labute approximate surface area is 120 Å². The molecule has 0 saturated carbocycles. The molecule has 0 spiro atoms. The van der Waals surface area contributed by atoms with E-state index in [4.69, 9.17) is 21.1 Å². The van der Waals surface area contributed by atoms with Gasteiger partial charge in [-0.15, -0.1) is 0 Å². The third-order valence-electron chi connectivity index (χ3n) is 2.72. The number of aromatic amines is 1. The van der Waals surface area contributed by atoms with E-state index in [-0.39, 0.29) is 24.5 Å². The summed E-state index contributed by atoms with van der Waals surface area (Å²) in [5.74, 6) is -1.17. The van der Waals surface area contributed by atoms with Crippen molar-refractivity contribution in [3.63, 3.8) is 0 Å². The Kier molecular flexibility index (Phi) is 4.29. The third-order valence-corrected chi connectivity index (χ3v) is 2.95. The van der Waals surface area contributed by atoms with E-state index in [1.54, 1.807) is 32.0 Å². The summed E-state index contributed by atoms with van der Waals surface area (Å²) in [7, 11) is 0. The molecule has 2 aromatic rings. The number of halogens is 1. The van der Waals surface area contributed by atoms with Gasteiger partial charge in [0.25, 0.3) is 0 Å². The zero-order chi connectivity index (χ0) is 14.7. The van der Waals surface area contributed by atoms with Gasteiger partial charge < -0.3 is 14.5 Å². The molecule has 0 aliphatic heterocycles. The monoisotopic (exact) mass is 295 g/mol. The predicted molar refractivity (Wildman–Crippen MR) is 75.2 cm³/mol. The van der Waals surface area contributed by atoms with Crippen LogP contribution in [-0.2, 0) is 9.47 Å². The van der Waals surface area contributed by atoms with Crippen LogP contribution in [0.1, 0.15) is 34.7 Å². The van der Waals surface area contributed by atoms with Crippen molar-refractivity contribution in [1.82, 2.24) is 4.98 Å². The van der Waals surface area contributed by atoms with Gasteiger partial charge >= 0.3 is 11.9 Å². The number of carbonyl (C=O) groups excluding carboxylic acids is 2. The van der Waals surface area contributed by atoms with Gasteiger partial charge in [-0.2, -0.15) is 0 Å². The Morgan fingerprint density at radius 1 is 1.15 bits per heavy atom.